The number of aromatic carboxylic acids is 1. The van der Waals surface area contributed by atoms with E-state index in [-0.39, 0.29) is 5.56 Å². The van der Waals surface area contributed by atoms with E-state index in [0.29, 0.717) is 24.6 Å². The minimum atomic E-state index is -0.965. The van der Waals surface area contributed by atoms with Gasteiger partial charge in [-0.1, -0.05) is 0 Å². The van der Waals surface area contributed by atoms with E-state index in [1.165, 1.54) is 0 Å². The smallest absolute Gasteiger partial charge is 0.335 e. The Hall–Kier alpha value is -3.02. The Morgan fingerprint density at radius 3 is 2.78 bits per heavy atom. The van der Waals surface area contributed by atoms with Crippen LogP contribution in [0.15, 0.2) is 42.7 Å². The first kappa shape index (κ1) is 13.6. The van der Waals surface area contributed by atoms with Crippen molar-refractivity contribution in [2.24, 2.45) is 0 Å². The van der Waals surface area contributed by atoms with Crippen LogP contribution in [0.3, 0.4) is 0 Å². The molecule has 0 radical (unpaired) electrons. The fourth-order valence-electron chi connectivity index (χ4n) is 2.58. The highest BCUT2D eigenvalue weighted by molar-refractivity contribution is 5.88. The van der Waals surface area contributed by atoms with Crippen LogP contribution in [0.4, 0.5) is 0 Å². The highest BCUT2D eigenvalue weighted by Gasteiger charge is 2.13. The molecule has 0 bridgehead atoms. The number of nitrogens with zero attached hydrogens (tertiary/aromatic N) is 2. The first-order chi connectivity index (χ1) is 11.2. The van der Waals surface area contributed by atoms with Crippen LogP contribution in [0.5, 0.6) is 11.5 Å². The van der Waals surface area contributed by atoms with Gasteiger partial charge >= 0.3 is 5.97 Å². The Morgan fingerprint density at radius 2 is 1.96 bits per heavy atom. The molecule has 1 aliphatic rings. The second-order valence-electron chi connectivity index (χ2n) is 5.32. The third kappa shape index (κ3) is 2.48. The summed E-state index contributed by atoms with van der Waals surface area (Å²) in [5, 5.41) is 9.06. The van der Waals surface area contributed by atoms with E-state index < -0.39 is 5.97 Å². The van der Waals surface area contributed by atoms with Crippen LogP contribution in [-0.4, -0.2) is 33.7 Å². The van der Waals surface area contributed by atoms with Crippen molar-refractivity contribution in [1.29, 1.82) is 0 Å². The molecule has 1 aromatic carbocycles. The number of ether oxygens (including phenoxy) is 2. The molecular formula is C17H14N2O4. The zero-order chi connectivity index (χ0) is 15.8. The highest BCUT2D eigenvalue weighted by atomic mass is 16.5. The molecule has 0 unspecified atom stereocenters. The molecule has 3 heterocycles. The summed E-state index contributed by atoms with van der Waals surface area (Å²) < 4.78 is 13.1. The van der Waals surface area contributed by atoms with E-state index in [1.54, 1.807) is 22.7 Å². The Bertz CT molecular complexity index is 901. The molecule has 0 fully saturated rings. The number of imidazole rings is 1. The lowest BCUT2D eigenvalue weighted by Gasteiger charge is -2.07. The van der Waals surface area contributed by atoms with Gasteiger partial charge in [0.05, 0.1) is 24.5 Å². The standard InChI is InChI=1S/C17H14N2O4/c20-17(21)12-4-5-19-10-13(18-16(19)9-12)11-2-3-14-15(8-11)23-7-1-6-22-14/h2-5,8-10H,1,6-7H2,(H,20,21). The molecule has 1 aliphatic heterocycles. The van der Waals surface area contributed by atoms with Gasteiger partial charge in [0.2, 0.25) is 0 Å². The molecule has 0 aliphatic carbocycles. The number of hydrogen-bond acceptors (Lipinski definition) is 4. The average Bonchev–Trinajstić information content (AvgIpc) is 2.84. The summed E-state index contributed by atoms with van der Waals surface area (Å²) in [4.78, 5) is 15.5. The van der Waals surface area contributed by atoms with Crippen molar-refractivity contribution < 1.29 is 19.4 Å². The van der Waals surface area contributed by atoms with Crippen molar-refractivity contribution in [2.75, 3.05) is 13.2 Å². The number of rotatable bonds is 2. The van der Waals surface area contributed by atoms with Gasteiger partial charge in [-0.05, 0) is 30.3 Å². The van der Waals surface area contributed by atoms with Crippen molar-refractivity contribution in [3.05, 3.63) is 48.3 Å². The van der Waals surface area contributed by atoms with Crippen LogP contribution >= 0.6 is 0 Å². The number of pyridine rings is 1. The maximum atomic E-state index is 11.0. The quantitative estimate of drug-likeness (QED) is 0.788. The second kappa shape index (κ2) is 5.31. The van der Waals surface area contributed by atoms with Crippen LogP contribution in [0.1, 0.15) is 16.8 Å². The van der Waals surface area contributed by atoms with Gasteiger partial charge in [-0.25, -0.2) is 9.78 Å². The van der Waals surface area contributed by atoms with Gasteiger partial charge in [-0.3, -0.25) is 0 Å². The SMILES string of the molecule is O=C(O)c1ccn2cc(-c3ccc4c(c3)OCCCO4)nc2c1. The van der Waals surface area contributed by atoms with Gasteiger partial charge in [0.25, 0.3) is 0 Å². The largest absolute Gasteiger partial charge is 0.490 e. The number of hydrogen-bond donors (Lipinski definition) is 1. The van der Waals surface area contributed by atoms with Crippen LogP contribution < -0.4 is 9.47 Å². The van der Waals surface area contributed by atoms with Gasteiger partial charge in [0, 0.05) is 24.4 Å². The lowest BCUT2D eigenvalue weighted by molar-refractivity contribution is 0.0697. The third-order valence-corrected chi connectivity index (χ3v) is 3.75. The molecule has 23 heavy (non-hydrogen) atoms. The van der Waals surface area contributed by atoms with E-state index in [9.17, 15) is 4.79 Å². The topological polar surface area (TPSA) is 73.1 Å². The second-order valence-corrected chi connectivity index (χ2v) is 5.32. The first-order valence-corrected chi connectivity index (χ1v) is 7.33. The Balaban J connectivity index is 1.76. The molecule has 3 aromatic rings. The van der Waals surface area contributed by atoms with E-state index in [1.807, 2.05) is 24.4 Å². The molecule has 0 atom stereocenters. The summed E-state index contributed by atoms with van der Waals surface area (Å²) in [5.41, 5.74) is 2.46. The average molecular weight is 310 g/mol. The molecule has 0 amide bonds. The Kier molecular flexibility index (Phi) is 3.15. The molecule has 0 saturated heterocycles. The van der Waals surface area contributed by atoms with Crippen molar-refractivity contribution in [3.63, 3.8) is 0 Å². The first-order valence-electron chi connectivity index (χ1n) is 7.33. The van der Waals surface area contributed by atoms with Crippen LogP contribution in [0, 0.1) is 0 Å². The van der Waals surface area contributed by atoms with E-state index in [0.717, 1.165) is 23.4 Å². The minimum Gasteiger partial charge on any atom is -0.490 e. The fourth-order valence-corrected chi connectivity index (χ4v) is 2.58. The van der Waals surface area contributed by atoms with Gasteiger partial charge < -0.3 is 19.0 Å². The number of carbonyl (C=O) groups is 1. The zero-order valence-corrected chi connectivity index (χ0v) is 12.2. The van der Waals surface area contributed by atoms with Crippen molar-refractivity contribution in [2.45, 2.75) is 6.42 Å². The maximum absolute atomic E-state index is 11.0. The van der Waals surface area contributed by atoms with Crippen molar-refractivity contribution >= 4 is 11.6 Å². The molecule has 6 heteroatoms. The molecule has 4 rings (SSSR count). The van der Waals surface area contributed by atoms with E-state index >= 15 is 0 Å². The summed E-state index contributed by atoms with van der Waals surface area (Å²) in [6, 6.07) is 8.81. The minimum absolute atomic E-state index is 0.216. The summed E-state index contributed by atoms with van der Waals surface area (Å²) >= 11 is 0. The fraction of sp³-hybridized carbons (Fsp3) is 0.176. The third-order valence-electron chi connectivity index (χ3n) is 3.75. The summed E-state index contributed by atoms with van der Waals surface area (Å²) in [6.07, 6.45) is 4.41. The van der Waals surface area contributed by atoms with E-state index in [4.69, 9.17) is 14.6 Å². The van der Waals surface area contributed by atoms with Gasteiger partial charge in [-0.15, -0.1) is 0 Å². The number of fused-ring (bicyclic) bond motifs is 2. The number of benzene rings is 1. The lowest BCUT2D eigenvalue weighted by atomic mass is 10.1. The molecule has 116 valence electrons. The van der Waals surface area contributed by atoms with Crippen molar-refractivity contribution in [3.8, 4) is 22.8 Å². The molecular weight excluding hydrogens is 296 g/mol. The molecule has 2 aromatic heterocycles. The molecule has 0 saturated carbocycles. The summed E-state index contributed by atoms with van der Waals surface area (Å²) in [6.45, 7) is 1.28. The monoisotopic (exact) mass is 310 g/mol. The summed E-state index contributed by atoms with van der Waals surface area (Å²) in [5.74, 6) is 0.485. The number of aromatic nitrogens is 2. The van der Waals surface area contributed by atoms with Crippen LogP contribution in [0.25, 0.3) is 16.9 Å². The predicted molar refractivity (Wildman–Crippen MR) is 83.2 cm³/mol. The number of carboxylic acid groups (broad SMARTS) is 1. The zero-order valence-electron chi connectivity index (χ0n) is 12.2. The van der Waals surface area contributed by atoms with E-state index in [2.05, 4.69) is 4.98 Å². The Morgan fingerprint density at radius 1 is 1.13 bits per heavy atom. The molecule has 6 nitrogen and oxygen atoms in total. The van der Waals surface area contributed by atoms with Crippen LogP contribution in [0.2, 0.25) is 0 Å². The van der Waals surface area contributed by atoms with Crippen molar-refractivity contribution in [1.82, 2.24) is 9.38 Å². The van der Waals surface area contributed by atoms with Gasteiger partial charge in [-0.2, -0.15) is 0 Å². The van der Waals surface area contributed by atoms with Gasteiger partial charge in [0.1, 0.15) is 5.65 Å². The molecule has 0 spiro atoms. The van der Waals surface area contributed by atoms with Gasteiger partial charge in [0.15, 0.2) is 11.5 Å². The lowest BCUT2D eigenvalue weighted by Crippen LogP contribution is -1.97. The Labute approximate surface area is 131 Å². The molecule has 1 N–H and O–H groups in total. The predicted octanol–water partition coefficient (Wildman–Crippen LogP) is 2.86. The maximum Gasteiger partial charge on any atom is 0.335 e. The van der Waals surface area contributed by atoms with Crippen LogP contribution in [-0.2, 0) is 0 Å². The number of carboxylic acids is 1. The normalized spacial score (nSPS) is 13.7. The highest BCUT2D eigenvalue weighted by Crippen LogP contribution is 2.34. The summed E-state index contributed by atoms with van der Waals surface area (Å²) in [7, 11) is 0.